The van der Waals surface area contributed by atoms with E-state index in [9.17, 15) is 9.18 Å². The van der Waals surface area contributed by atoms with E-state index in [1.807, 2.05) is 0 Å². The molecule has 1 aromatic rings. The van der Waals surface area contributed by atoms with Gasteiger partial charge in [-0.05, 0) is 29.5 Å². The summed E-state index contributed by atoms with van der Waals surface area (Å²) >= 11 is 0. The highest BCUT2D eigenvalue weighted by atomic mass is 19.1. The maximum atomic E-state index is 12.7. The lowest BCUT2D eigenvalue weighted by Gasteiger charge is -2.29. The van der Waals surface area contributed by atoms with Crippen LogP contribution >= 0.6 is 0 Å². The van der Waals surface area contributed by atoms with E-state index in [0.717, 1.165) is 5.56 Å². The van der Waals surface area contributed by atoms with Crippen LogP contribution in [0.15, 0.2) is 24.3 Å². The van der Waals surface area contributed by atoms with Gasteiger partial charge in [0.1, 0.15) is 5.82 Å². The normalized spacial score (nSPS) is 26.1. The second-order valence-corrected chi connectivity index (χ2v) is 4.14. The number of rotatable bonds is 1. The van der Waals surface area contributed by atoms with Crippen molar-refractivity contribution in [3.05, 3.63) is 35.6 Å². The van der Waals surface area contributed by atoms with Crippen LogP contribution in [0, 0.1) is 11.7 Å². The van der Waals surface area contributed by atoms with Gasteiger partial charge < -0.3 is 5.32 Å². The third kappa shape index (κ3) is 2.17. The van der Waals surface area contributed by atoms with Crippen LogP contribution in [-0.4, -0.2) is 12.5 Å². The summed E-state index contributed by atoms with van der Waals surface area (Å²) in [5, 5.41) is 2.83. The first-order valence-corrected chi connectivity index (χ1v) is 5.19. The highest BCUT2D eigenvalue weighted by Crippen LogP contribution is 2.30. The fourth-order valence-electron chi connectivity index (χ4n) is 2.05. The molecule has 1 amide bonds. The molecule has 1 heterocycles. The molecule has 1 saturated heterocycles. The number of nitrogens with one attached hydrogen (secondary N) is 1. The fraction of sp³-hybridized carbons (Fsp3) is 0.417. The van der Waals surface area contributed by atoms with Crippen molar-refractivity contribution in [2.24, 2.45) is 5.92 Å². The molecule has 0 saturated carbocycles. The number of benzene rings is 1. The minimum absolute atomic E-state index is 0.0856. The molecule has 80 valence electrons. The average Bonchev–Trinajstić information content (AvgIpc) is 2.23. The molecule has 0 aliphatic carbocycles. The Morgan fingerprint density at radius 3 is 2.67 bits per heavy atom. The molecule has 0 aromatic heterocycles. The molecule has 2 atom stereocenters. The molecular formula is C12H14FNO. The molecule has 1 N–H and O–H groups in total. The first-order valence-electron chi connectivity index (χ1n) is 5.19. The molecule has 2 unspecified atom stereocenters. The number of piperidine rings is 1. The van der Waals surface area contributed by atoms with Crippen LogP contribution < -0.4 is 5.32 Å². The zero-order chi connectivity index (χ0) is 10.8. The molecule has 1 aliphatic rings. The molecule has 0 radical (unpaired) electrons. The monoisotopic (exact) mass is 207 g/mol. The van der Waals surface area contributed by atoms with E-state index < -0.39 is 0 Å². The number of halogens is 1. The van der Waals surface area contributed by atoms with E-state index in [-0.39, 0.29) is 17.6 Å². The lowest BCUT2D eigenvalue weighted by atomic mass is 9.82. The minimum Gasteiger partial charge on any atom is -0.356 e. The van der Waals surface area contributed by atoms with Gasteiger partial charge in [-0.1, -0.05) is 19.1 Å². The van der Waals surface area contributed by atoms with E-state index in [0.29, 0.717) is 18.9 Å². The van der Waals surface area contributed by atoms with Gasteiger partial charge in [-0.3, -0.25) is 4.79 Å². The molecule has 3 heteroatoms. The third-order valence-electron chi connectivity index (χ3n) is 3.01. The average molecular weight is 207 g/mol. The van der Waals surface area contributed by atoms with Gasteiger partial charge in [0.2, 0.25) is 5.91 Å². The summed E-state index contributed by atoms with van der Waals surface area (Å²) in [6, 6.07) is 6.45. The first kappa shape index (κ1) is 10.1. The van der Waals surface area contributed by atoms with Crippen molar-refractivity contribution >= 4 is 5.91 Å². The lowest BCUT2D eigenvalue weighted by molar-refractivity contribution is -0.123. The van der Waals surface area contributed by atoms with Gasteiger partial charge in [0.05, 0.1) is 0 Å². The Morgan fingerprint density at radius 1 is 1.33 bits per heavy atom. The van der Waals surface area contributed by atoms with Crippen molar-refractivity contribution in [1.82, 2.24) is 5.32 Å². The van der Waals surface area contributed by atoms with Crippen molar-refractivity contribution in [3.8, 4) is 0 Å². The summed E-state index contributed by atoms with van der Waals surface area (Å²) in [6.07, 6.45) is 0.507. The van der Waals surface area contributed by atoms with Gasteiger partial charge in [0.25, 0.3) is 0 Å². The predicted octanol–water partition coefficient (Wildman–Crippen LogP) is 2.07. The largest absolute Gasteiger partial charge is 0.356 e. The summed E-state index contributed by atoms with van der Waals surface area (Å²) in [6.45, 7) is 2.81. The number of carbonyl (C=O) groups excluding carboxylic acids is 1. The Morgan fingerprint density at radius 2 is 2.00 bits per heavy atom. The van der Waals surface area contributed by atoms with Crippen molar-refractivity contribution in [3.63, 3.8) is 0 Å². The standard InChI is InChI=1S/C12H14FNO/c1-8-7-14-12(15)6-11(8)9-2-4-10(13)5-3-9/h2-5,8,11H,6-7H2,1H3,(H,14,15). The minimum atomic E-state index is -0.230. The molecule has 0 bridgehead atoms. The number of amides is 1. The Balaban J connectivity index is 2.21. The molecule has 2 rings (SSSR count). The van der Waals surface area contributed by atoms with E-state index >= 15 is 0 Å². The van der Waals surface area contributed by atoms with Gasteiger partial charge in [-0.15, -0.1) is 0 Å². The van der Waals surface area contributed by atoms with Gasteiger partial charge in [0.15, 0.2) is 0 Å². The topological polar surface area (TPSA) is 29.1 Å². The molecule has 1 aromatic carbocycles. The van der Waals surface area contributed by atoms with Crippen molar-refractivity contribution < 1.29 is 9.18 Å². The number of carbonyl (C=O) groups is 1. The Bertz CT molecular complexity index is 360. The zero-order valence-corrected chi connectivity index (χ0v) is 8.66. The second-order valence-electron chi connectivity index (χ2n) is 4.14. The molecular weight excluding hydrogens is 193 g/mol. The molecule has 15 heavy (non-hydrogen) atoms. The summed E-state index contributed by atoms with van der Waals surface area (Å²) in [5.41, 5.74) is 1.05. The van der Waals surface area contributed by atoms with Crippen LogP contribution in [0.4, 0.5) is 4.39 Å². The van der Waals surface area contributed by atoms with Crippen LogP contribution in [0.1, 0.15) is 24.8 Å². The lowest BCUT2D eigenvalue weighted by Crippen LogP contribution is -2.38. The molecule has 2 nitrogen and oxygen atoms in total. The van der Waals surface area contributed by atoms with Gasteiger partial charge in [0, 0.05) is 13.0 Å². The number of hydrogen-bond donors (Lipinski definition) is 1. The predicted molar refractivity (Wildman–Crippen MR) is 55.9 cm³/mol. The molecule has 0 spiro atoms. The van der Waals surface area contributed by atoms with Crippen molar-refractivity contribution in [2.75, 3.05) is 6.54 Å². The van der Waals surface area contributed by atoms with E-state index in [1.54, 1.807) is 12.1 Å². The summed E-state index contributed by atoms with van der Waals surface area (Å²) < 4.78 is 12.7. The number of hydrogen-bond acceptors (Lipinski definition) is 1. The van der Waals surface area contributed by atoms with Crippen molar-refractivity contribution in [1.29, 1.82) is 0 Å². The quantitative estimate of drug-likeness (QED) is 0.750. The first-order chi connectivity index (χ1) is 7.16. The smallest absolute Gasteiger partial charge is 0.220 e. The molecule has 1 fully saturated rings. The summed E-state index contributed by atoms with van der Waals surface area (Å²) in [4.78, 5) is 11.3. The van der Waals surface area contributed by atoms with E-state index in [4.69, 9.17) is 0 Å². The molecule has 1 aliphatic heterocycles. The van der Waals surface area contributed by atoms with Crippen molar-refractivity contribution in [2.45, 2.75) is 19.3 Å². The van der Waals surface area contributed by atoms with Gasteiger partial charge in [-0.2, -0.15) is 0 Å². The Hall–Kier alpha value is -1.38. The van der Waals surface area contributed by atoms with Crippen LogP contribution in [0.3, 0.4) is 0 Å². The van der Waals surface area contributed by atoms with Crippen LogP contribution in [0.25, 0.3) is 0 Å². The fourth-order valence-corrected chi connectivity index (χ4v) is 2.05. The third-order valence-corrected chi connectivity index (χ3v) is 3.01. The van der Waals surface area contributed by atoms with Crippen LogP contribution in [-0.2, 0) is 4.79 Å². The Labute approximate surface area is 88.5 Å². The van der Waals surface area contributed by atoms with Gasteiger partial charge in [-0.25, -0.2) is 4.39 Å². The zero-order valence-electron chi connectivity index (χ0n) is 8.66. The summed E-state index contributed by atoms with van der Waals surface area (Å²) in [5.74, 6) is 0.488. The van der Waals surface area contributed by atoms with Crippen LogP contribution in [0.5, 0.6) is 0 Å². The Kier molecular flexibility index (Phi) is 2.71. The van der Waals surface area contributed by atoms with Gasteiger partial charge >= 0.3 is 0 Å². The van der Waals surface area contributed by atoms with E-state index in [2.05, 4.69) is 12.2 Å². The maximum Gasteiger partial charge on any atom is 0.220 e. The summed E-state index contributed by atoms with van der Waals surface area (Å²) in [7, 11) is 0. The highest BCUT2D eigenvalue weighted by Gasteiger charge is 2.26. The maximum absolute atomic E-state index is 12.7. The highest BCUT2D eigenvalue weighted by molar-refractivity contribution is 5.77. The van der Waals surface area contributed by atoms with E-state index in [1.165, 1.54) is 12.1 Å². The second kappa shape index (κ2) is 4.01. The van der Waals surface area contributed by atoms with Crippen LogP contribution in [0.2, 0.25) is 0 Å². The SMILES string of the molecule is CC1CNC(=O)CC1c1ccc(F)cc1.